The fraction of sp³-hybridized carbons (Fsp3) is 0. The minimum Gasteiger partial charge on any atom is -0.262 e. The molecule has 0 amide bonds. The molecule has 0 saturated heterocycles. The van der Waals surface area contributed by atoms with Crippen molar-refractivity contribution in [3.05, 3.63) is 21.3 Å². The number of nitrogens with one attached hydrogen (secondary N) is 1. The molecule has 2 nitrogen and oxygen atoms in total. The standard InChI is InChI=1S/C5H3Br2FN2/c6-3-1-9-2-4(7)5(3)10-8/h1-2H,(H,9,10). The second-order valence-electron chi connectivity index (χ2n) is 1.57. The second kappa shape index (κ2) is 3.30. The van der Waals surface area contributed by atoms with E-state index in [1.165, 1.54) is 17.9 Å². The third kappa shape index (κ3) is 1.46. The molecule has 0 aliphatic heterocycles. The Labute approximate surface area is 74.0 Å². The van der Waals surface area contributed by atoms with E-state index in [0.717, 1.165) is 0 Å². The Morgan fingerprint density at radius 1 is 1.30 bits per heavy atom. The van der Waals surface area contributed by atoms with Gasteiger partial charge in [0, 0.05) is 12.4 Å². The molecule has 1 aromatic rings. The predicted molar refractivity (Wildman–Crippen MR) is 44.4 cm³/mol. The highest BCUT2D eigenvalue weighted by atomic mass is 79.9. The number of hydrogen-bond donors (Lipinski definition) is 1. The van der Waals surface area contributed by atoms with Crippen molar-refractivity contribution in [1.82, 2.24) is 4.98 Å². The van der Waals surface area contributed by atoms with Crippen molar-refractivity contribution in [2.75, 3.05) is 5.54 Å². The molecule has 1 N–H and O–H groups in total. The van der Waals surface area contributed by atoms with Crippen LogP contribution in [0.5, 0.6) is 0 Å². The van der Waals surface area contributed by atoms with Crippen LogP contribution < -0.4 is 5.54 Å². The molecule has 0 spiro atoms. The van der Waals surface area contributed by atoms with Gasteiger partial charge in [0.05, 0.1) is 14.6 Å². The largest absolute Gasteiger partial charge is 0.262 e. The number of halogens is 3. The van der Waals surface area contributed by atoms with Gasteiger partial charge in [-0.05, 0) is 31.9 Å². The summed E-state index contributed by atoms with van der Waals surface area (Å²) in [5, 5.41) is 0. The smallest absolute Gasteiger partial charge is 0.0970 e. The van der Waals surface area contributed by atoms with Crippen LogP contribution in [0.25, 0.3) is 0 Å². The minimum atomic E-state index is 0.356. The monoisotopic (exact) mass is 268 g/mol. The zero-order valence-electron chi connectivity index (χ0n) is 4.74. The summed E-state index contributed by atoms with van der Waals surface area (Å²) in [6.07, 6.45) is 3.01. The Hall–Kier alpha value is -0.160. The van der Waals surface area contributed by atoms with Crippen LogP contribution in [0, 0.1) is 0 Å². The van der Waals surface area contributed by atoms with E-state index in [9.17, 15) is 4.48 Å². The van der Waals surface area contributed by atoms with Gasteiger partial charge in [0.25, 0.3) is 0 Å². The SMILES string of the molecule is FNc1c(Br)cncc1Br. The summed E-state index contributed by atoms with van der Waals surface area (Å²) >= 11 is 6.22. The fourth-order valence-corrected chi connectivity index (χ4v) is 1.58. The van der Waals surface area contributed by atoms with Crippen molar-refractivity contribution in [3.63, 3.8) is 0 Å². The molecule has 0 aliphatic carbocycles. The van der Waals surface area contributed by atoms with E-state index in [1.54, 1.807) is 0 Å². The van der Waals surface area contributed by atoms with Crippen LogP contribution in [0.4, 0.5) is 10.2 Å². The number of anilines is 1. The average Bonchev–Trinajstić information content (AvgIpc) is 1.88. The number of pyridine rings is 1. The van der Waals surface area contributed by atoms with Crippen molar-refractivity contribution >= 4 is 37.5 Å². The summed E-state index contributed by atoms with van der Waals surface area (Å²) in [6.45, 7) is 0. The lowest BCUT2D eigenvalue weighted by atomic mass is 10.4. The van der Waals surface area contributed by atoms with Gasteiger partial charge in [-0.25, -0.2) is 5.54 Å². The van der Waals surface area contributed by atoms with Gasteiger partial charge in [-0.1, -0.05) is 0 Å². The lowest BCUT2D eigenvalue weighted by Gasteiger charge is -2.00. The molecule has 0 atom stereocenters. The van der Waals surface area contributed by atoms with Crippen LogP contribution in [0.1, 0.15) is 0 Å². The quantitative estimate of drug-likeness (QED) is 0.793. The fourth-order valence-electron chi connectivity index (χ4n) is 0.502. The van der Waals surface area contributed by atoms with Gasteiger partial charge in [0.15, 0.2) is 0 Å². The summed E-state index contributed by atoms with van der Waals surface area (Å²) in [5.41, 5.74) is 1.89. The lowest BCUT2D eigenvalue weighted by molar-refractivity contribution is 0.615. The highest BCUT2D eigenvalue weighted by Crippen LogP contribution is 2.28. The summed E-state index contributed by atoms with van der Waals surface area (Å²) < 4.78 is 13.1. The first kappa shape index (κ1) is 7.94. The molecular formula is C5H3Br2FN2. The predicted octanol–water partition coefficient (Wildman–Crippen LogP) is 2.90. The number of aromatic nitrogens is 1. The molecule has 54 valence electrons. The first-order valence-electron chi connectivity index (χ1n) is 2.41. The molecule has 1 aromatic heterocycles. The first-order chi connectivity index (χ1) is 4.75. The highest BCUT2D eigenvalue weighted by molar-refractivity contribution is 9.11. The topological polar surface area (TPSA) is 24.9 Å². The summed E-state index contributed by atoms with van der Waals surface area (Å²) in [4.78, 5) is 3.79. The Balaban J connectivity index is 3.17. The Kier molecular flexibility index (Phi) is 2.62. The molecule has 0 bridgehead atoms. The minimum absolute atomic E-state index is 0.356. The van der Waals surface area contributed by atoms with Gasteiger partial charge in [-0.2, -0.15) is 0 Å². The van der Waals surface area contributed by atoms with Crippen LogP contribution in [0.3, 0.4) is 0 Å². The van der Waals surface area contributed by atoms with Gasteiger partial charge < -0.3 is 0 Å². The number of hydrogen-bond acceptors (Lipinski definition) is 2. The van der Waals surface area contributed by atoms with E-state index < -0.39 is 0 Å². The molecule has 5 heteroatoms. The van der Waals surface area contributed by atoms with Gasteiger partial charge in [0.1, 0.15) is 0 Å². The molecule has 0 aromatic carbocycles. The van der Waals surface area contributed by atoms with Gasteiger partial charge in [-0.3, -0.25) is 4.98 Å². The van der Waals surface area contributed by atoms with Crippen LogP contribution in [-0.2, 0) is 0 Å². The van der Waals surface area contributed by atoms with Gasteiger partial charge in [0.2, 0.25) is 0 Å². The van der Waals surface area contributed by atoms with E-state index in [2.05, 4.69) is 36.8 Å². The molecule has 0 aliphatic rings. The van der Waals surface area contributed by atoms with Crippen molar-refractivity contribution in [1.29, 1.82) is 0 Å². The zero-order valence-corrected chi connectivity index (χ0v) is 7.91. The third-order valence-electron chi connectivity index (χ3n) is 0.948. The molecule has 10 heavy (non-hydrogen) atoms. The van der Waals surface area contributed by atoms with Crippen molar-refractivity contribution < 1.29 is 4.48 Å². The summed E-state index contributed by atoms with van der Waals surface area (Å²) in [6, 6.07) is 0. The lowest BCUT2D eigenvalue weighted by Crippen LogP contribution is -1.86. The highest BCUT2D eigenvalue weighted by Gasteiger charge is 2.02. The zero-order chi connectivity index (χ0) is 7.56. The molecule has 0 radical (unpaired) electrons. The van der Waals surface area contributed by atoms with Crippen molar-refractivity contribution in [2.45, 2.75) is 0 Å². The average molecular weight is 270 g/mol. The third-order valence-corrected chi connectivity index (χ3v) is 2.15. The Morgan fingerprint density at radius 3 is 2.10 bits per heavy atom. The molecule has 0 fully saturated rings. The molecule has 1 rings (SSSR count). The summed E-state index contributed by atoms with van der Waals surface area (Å²) in [5.74, 6) is 0. The second-order valence-corrected chi connectivity index (χ2v) is 3.28. The van der Waals surface area contributed by atoms with Crippen molar-refractivity contribution in [3.8, 4) is 0 Å². The van der Waals surface area contributed by atoms with Crippen LogP contribution in [0.15, 0.2) is 21.3 Å². The van der Waals surface area contributed by atoms with E-state index in [1.807, 2.05) is 0 Å². The Morgan fingerprint density at radius 2 is 1.80 bits per heavy atom. The van der Waals surface area contributed by atoms with E-state index in [-0.39, 0.29) is 0 Å². The van der Waals surface area contributed by atoms with Gasteiger partial charge in [-0.15, -0.1) is 4.48 Å². The van der Waals surface area contributed by atoms with E-state index in [0.29, 0.717) is 14.6 Å². The molecular weight excluding hydrogens is 267 g/mol. The molecule has 1 heterocycles. The first-order valence-corrected chi connectivity index (χ1v) is 4.00. The maximum absolute atomic E-state index is 11.9. The van der Waals surface area contributed by atoms with Crippen LogP contribution in [-0.4, -0.2) is 4.98 Å². The van der Waals surface area contributed by atoms with Gasteiger partial charge >= 0.3 is 0 Å². The van der Waals surface area contributed by atoms with Crippen molar-refractivity contribution in [2.24, 2.45) is 0 Å². The van der Waals surface area contributed by atoms with Crippen LogP contribution in [0.2, 0.25) is 0 Å². The molecule has 0 unspecified atom stereocenters. The van der Waals surface area contributed by atoms with Crippen LogP contribution >= 0.6 is 31.9 Å². The maximum Gasteiger partial charge on any atom is 0.0970 e. The maximum atomic E-state index is 11.9. The van der Waals surface area contributed by atoms with E-state index in [4.69, 9.17) is 0 Å². The Bertz CT molecular complexity index is 221. The summed E-state index contributed by atoms with van der Waals surface area (Å²) in [7, 11) is 0. The molecule has 0 saturated carbocycles. The number of rotatable bonds is 1. The van der Waals surface area contributed by atoms with E-state index >= 15 is 0 Å². The normalized spacial score (nSPS) is 9.50. The number of nitrogens with zero attached hydrogens (tertiary/aromatic N) is 1.